The molecular weight excluding hydrogens is 288 g/mol. The van der Waals surface area contributed by atoms with Gasteiger partial charge < -0.3 is 4.74 Å². The first-order valence-electron chi connectivity index (χ1n) is 6.61. The molecule has 1 atom stereocenters. The number of ether oxygens (including phenoxy) is 1. The van der Waals surface area contributed by atoms with Crippen LogP contribution in [0.15, 0.2) is 47.4 Å². The van der Waals surface area contributed by atoms with Gasteiger partial charge in [-0.3, -0.25) is 0 Å². The molecule has 3 rings (SSSR count). The number of hydrogen-bond acceptors (Lipinski definition) is 4. The van der Waals surface area contributed by atoms with E-state index in [1.54, 1.807) is 18.2 Å². The van der Waals surface area contributed by atoms with Crippen LogP contribution in [0.5, 0.6) is 0 Å². The zero-order valence-electron chi connectivity index (χ0n) is 11.3. The first-order chi connectivity index (χ1) is 10.1. The molecule has 0 aliphatic carbocycles. The molecule has 0 spiro atoms. The Morgan fingerprint density at radius 1 is 1.19 bits per heavy atom. The minimum atomic E-state index is -3.72. The highest BCUT2D eigenvalue weighted by Gasteiger charge is 2.34. The van der Waals surface area contributed by atoms with Gasteiger partial charge in [0.1, 0.15) is 6.04 Å². The van der Waals surface area contributed by atoms with Crippen LogP contribution in [0.4, 0.5) is 0 Å². The standard InChI is InChI=1S/C15H14N2O3S/c16-10-13-11-20-9-8-17(13)21(18,19)15-7-3-5-12-4-1-2-6-14(12)15/h1-7,13H,8-9,11H2/t13-/m0/s1. The van der Waals surface area contributed by atoms with Crippen LogP contribution in [0.3, 0.4) is 0 Å². The minimum absolute atomic E-state index is 0.112. The van der Waals surface area contributed by atoms with E-state index < -0.39 is 16.1 Å². The zero-order chi connectivity index (χ0) is 14.9. The zero-order valence-corrected chi connectivity index (χ0v) is 12.1. The third-order valence-corrected chi connectivity index (χ3v) is 5.53. The summed E-state index contributed by atoms with van der Waals surface area (Å²) < 4.78 is 32.2. The number of morpholine rings is 1. The van der Waals surface area contributed by atoms with Crippen molar-refractivity contribution in [2.75, 3.05) is 19.8 Å². The van der Waals surface area contributed by atoms with Crippen LogP contribution in [0.25, 0.3) is 10.8 Å². The highest BCUT2D eigenvalue weighted by Crippen LogP contribution is 2.27. The number of rotatable bonds is 2. The third kappa shape index (κ3) is 2.40. The first kappa shape index (κ1) is 14.0. The largest absolute Gasteiger partial charge is 0.377 e. The minimum Gasteiger partial charge on any atom is -0.377 e. The first-order valence-corrected chi connectivity index (χ1v) is 8.05. The van der Waals surface area contributed by atoms with Crippen LogP contribution in [-0.2, 0) is 14.8 Å². The van der Waals surface area contributed by atoms with Gasteiger partial charge in [-0.2, -0.15) is 9.57 Å². The van der Waals surface area contributed by atoms with Gasteiger partial charge in [0.05, 0.1) is 24.2 Å². The molecule has 0 radical (unpaired) electrons. The van der Waals surface area contributed by atoms with E-state index in [1.165, 1.54) is 4.31 Å². The van der Waals surface area contributed by atoms with Gasteiger partial charge in [0, 0.05) is 11.9 Å². The Hall–Kier alpha value is -1.94. The molecule has 21 heavy (non-hydrogen) atoms. The molecule has 2 aromatic rings. The highest BCUT2D eigenvalue weighted by molar-refractivity contribution is 7.89. The molecule has 1 fully saturated rings. The van der Waals surface area contributed by atoms with E-state index in [4.69, 9.17) is 10.00 Å². The highest BCUT2D eigenvalue weighted by atomic mass is 32.2. The maximum atomic E-state index is 12.9. The molecule has 1 aliphatic heterocycles. The summed E-state index contributed by atoms with van der Waals surface area (Å²) in [7, 11) is -3.72. The second kappa shape index (κ2) is 5.45. The van der Waals surface area contributed by atoms with Gasteiger partial charge >= 0.3 is 0 Å². The summed E-state index contributed by atoms with van der Waals surface area (Å²) in [5.41, 5.74) is 0. The van der Waals surface area contributed by atoms with Crippen LogP contribution in [0.2, 0.25) is 0 Å². The van der Waals surface area contributed by atoms with E-state index >= 15 is 0 Å². The van der Waals surface area contributed by atoms with E-state index in [2.05, 4.69) is 0 Å². The Balaban J connectivity index is 2.14. The number of sulfonamides is 1. The van der Waals surface area contributed by atoms with Gasteiger partial charge in [0.2, 0.25) is 10.0 Å². The molecule has 1 heterocycles. The fourth-order valence-electron chi connectivity index (χ4n) is 2.52. The molecule has 2 aromatic carbocycles. The quantitative estimate of drug-likeness (QED) is 0.847. The summed E-state index contributed by atoms with van der Waals surface area (Å²) >= 11 is 0. The summed E-state index contributed by atoms with van der Waals surface area (Å²) in [6.45, 7) is 0.618. The fourth-order valence-corrected chi connectivity index (χ4v) is 4.25. The summed E-state index contributed by atoms with van der Waals surface area (Å²) in [5.74, 6) is 0. The van der Waals surface area contributed by atoms with Crippen molar-refractivity contribution in [2.24, 2.45) is 0 Å². The fraction of sp³-hybridized carbons (Fsp3) is 0.267. The number of fused-ring (bicyclic) bond motifs is 1. The summed E-state index contributed by atoms with van der Waals surface area (Å²) in [5, 5.41) is 10.7. The van der Waals surface area contributed by atoms with Gasteiger partial charge in [0.15, 0.2) is 0 Å². The lowest BCUT2D eigenvalue weighted by Crippen LogP contribution is -2.47. The Morgan fingerprint density at radius 2 is 1.95 bits per heavy atom. The molecule has 0 N–H and O–H groups in total. The Labute approximate surface area is 123 Å². The second-order valence-corrected chi connectivity index (χ2v) is 6.67. The molecule has 0 amide bonds. The van der Waals surface area contributed by atoms with E-state index in [1.807, 2.05) is 30.3 Å². The number of nitriles is 1. The number of benzene rings is 2. The Kier molecular flexibility index (Phi) is 3.64. The lowest BCUT2D eigenvalue weighted by molar-refractivity contribution is 0.0512. The third-order valence-electron chi connectivity index (χ3n) is 3.56. The van der Waals surface area contributed by atoms with Gasteiger partial charge in [0.25, 0.3) is 0 Å². The predicted octanol–water partition coefficient (Wildman–Crippen LogP) is 1.75. The van der Waals surface area contributed by atoms with Crippen LogP contribution in [0, 0.1) is 11.3 Å². The lowest BCUT2D eigenvalue weighted by atomic mass is 10.1. The second-order valence-electron chi connectivity index (χ2n) is 4.81. The van der Waals surface area contributed by atoms with E-state index in [9.17, 15) is 8.42 Å². The summed E-state index contributed by atoms with van der Waals surface area (Å²) in [6.07, 6.45) is 0. The SMILES string of the molecule is N#C[C@H]1COCCN1S(=O)(=O)c1cccc2ccccc12. The van der Waals surface area contributed by atoms with Crippen LogP contribution in [-0.4, -0.2) is 38.5 Å². The molecule has 0 bridgehead atoms. The van der Waals surface area contributed by atoms with Crippen molar-refractivity contribution in [1.82, 2.24) is 4.31 Å². The van der Waals surface area contributed by atoms with Crippen LogP contribution >= 0.6 is 0 Å². The molecule has 1 saturated heterocycles. The van der Waals surface area contributed by atoms with E-state index in [0.29, 0.717) is 12.0 Å². The predicted molar refractivity (Wildman–Crippen MR) is 78.1 cm³/mol. The average molecular weight is 302 g/mol. The van der Waals surface area contributed by atoms with Crippen LogP contribution < -0.4 is 0 Å². The van der Waals surface area contributed by atoms with Crippen molar-refractivity contribution in [3.63, 3.8) is 0 Å². The van der Waals surface area contributed by atoms with Gasteiger partial charge in [-0.25, -0.2) is 8.42 Å². The van der Waals surface area contributed by atoms with Crippen molar-refractivity contribution in [3.8, 4) is 6.07 Å². The molecule has 0 aromatic heterocycles. The molecule has 0 saturated carbocycles. The molecule has 6 heteroatoms. The molecule has 1 aliphatic rings. The van der Waals surface area contributed by atoms with Crippen molar-refractivity contribution >= 4 is 20.8 Å². The van der Waals surface area contributed by atoms with Gasteiger partial charge in [-0.05, 0) is 11.5 Å². The summed E-state index contributed by atoms with van der Waals surface area (Å²) in [4.78, 5) is 0.239. The Bertz CT molecular complexity index is 806. The lowest BCUT2D eigenvalue weighted by Gasteiger charge is -2.30. The van der Waals surface area contributed by atoms with Gasteiger partial charge in [-0.1, -0.05) is 36.4 Å². The maximum absolute atomic E-state index is 12.9. The monoisotopic (exact) mass is 302 g/mol. The normalized spacial score (nSPS) is 20.2. The smallest absolute Gasteiger partial charge is 0.245 e. The molecule has 108 valence electrons. The molecular formula is C15H14N2O3S. The number of nitrogens with zero attached hydrogens (tertiary/aromatic N) is 2. The van der Waals surface area contributed by atoms with Crippen molar-refractivity contribution < 1.29 is 13.2 Å². The van der Waals surface area contributed by atoms with Crippen molar-refractivity contribution in [1.29, 1.82) is 5.26 Å². The van der Waals surface area contributed by atoms with Gasteiger partial charge in [-0.15, -0.1) is 0 Å². The Morgan fingerprint density at radius 3 is 2.76 bits per heavy atom. The molecule has 0 unspecified atom stereocenters. The topological polar surface area (TPSA) is 70.4 Å². The maximum Gasteiger partial charge on any atom is 0.245 e. The summed E-state index contributed by atoms with van der Waals surface area (Å²) in [6, 6.07) is 13.7. The van der Waals surface area contributed by atoms with Crippen LogP contribution in [0.1, 0.15) is 0 Å². The number of hydrogen-bond donors (Lipinski definition) is 0. The average Bonchev–Trinajstić information content (AvgIpc) is 2.54. The van der Waals surface area contributed by atoms with E-state index in [0.717, 1.165) is 5.39 Å². The van der Waals surface area contributed by atoms with Crippen molar-refractivity contribution in [2.45, 2.75) is 10.9 Å². The van der Waals surface area contributed by atoms with E-state index in [-0.39, 0.29) is 18.0 Å². The molecule has 5 nitrogen and oxygen atoms in total. The van der Waals surface area contributed by atoms with Crippen molar-refractivity contribution in [3.05, 3.63) is 42.5 Å².